The largest absolute Gasteiger partial charge is 0.365 e. The van der Waals surface area contributed by atoms with Gasteiger partial charge in [-0.3, -0.25) is 19.8 Å². The average molecular weight is 435 g/mol. The number of hydrogen-bond acceptors (Lipinski definition) is 5. The minimum Gasteiger partial charge on any atom is -0.365 e. The Kier molecular flexibility index (Phi) is 5.83. The lowest BCUT2D eigenvalue weighted by Gasteiger charge is -2.50. The van der Waals surface area contributed by atoms with Gasteiger partial charge in [-0.25, -0.2) is 0 Å². The summed E-state index contributed by atoms with van der Waals surface area (Å²) in [7, 11) is 0. The van der Waals surface area contributed by atoms with Crippen molar-refractivity contribution in [2.45, 2.75) is 50.7 Å². The molecule has 168 valence electrons. The molecule has 2 fully saturated rings. The number of nitro benzene ring substituents is 1. The van der Waals surface area contributed by atoms with Gasteiger partial charge in [0.15, 0.2) is 0 Å². The van der Waals surface area contributed by atoms with Crippen LogP contribution in [0.2, 0.25) is 0 Å². The molecule has 2 heterocycles. The highest BCUT2D eigenvalue weighted by molar-refractivity contribution is 5.82. The summed E-state index contributed by atoms with van der Waals surface area (Å²) in [5.74, 6) is -0.188. The van der Waals surface area contributed by atoms with Gasteiger partial charge < -0.3 is 10.2 Å². The number of anilines is 1. The third-order valence-electron chi connectivity index (χ3n) is 7.43. The number of nitro groups is 1. The van der Waals surface area contributed by atoms with Crippen LogP contribution in [0.1, 0.15) is 36.8 Å². The number of amides is 1. The van der Waals surface area contributed by atoms with Gasteiger partial charge in [0.25, 0.3) is 5.69 Å². The minimum atomic E-state index is -0.352. The molecule has 2 aromatic rings. The van der Waals surface area contributed by atoms with E-state index in [4.69, 9.17) is 0 Å². The Bertz CT molecular complexity index is 990. The lowest BCUT2D eigenvalue weighted by Crippen LogP contribution is -2.62. The Hall–Kier alpha value is -2.93. The number of non-ortho nitro benzene ring substituents is 1. The molecule has 7 heteroatoms. The topological polar surface area (TPSA) is 78.7 Å². The van der Waals surface area contributed by atoms with E-state index in [-0.39, 0.29) is 28.5 Å². The molecule has 2 atom stereocenters. The zero-order chi connectivity index (χ0) is 22.1. The van der Waals surface area contributed by atoms with Crippen molar-refractivity contribution >= 4 is 17.3 Å². The number of piperazine rings is 1. The zero-order valence-corrected chi connectivity index (χ0v) is 18.3. The van der Waals surface area contributed by atoms with Crippen LogP contribution in [0.15, 0.2) is 48.5 Å². The van der Waals surface area contributed by atoms with Crippen LogP contribution in [-0.4, -0.2) is 47.4 Å². The van der Waals surface area contributed by atoms with Crippen molar-refractivity contribution in [3.63, 3.8) is 0 Å². The third kappa shape index (κ3) is 4.09. The lowest BCUT2D eigenvalue weighted by molar-refractivity contribution is -0.384. The van der Waals surface area contributed by atoms with Gasteiger partial charge in [0.1, 0.15) is 0 Å². The molecule has 1 aliphatic carbocycles. The Morgan fingerprint density at radius 1 is 1.09 bits per heavy atom. The zero-order valence-electron chi connectivity index (χ0n) is 18.3. The molecule has 2 aliphatic heterocycles. The number of nitrogens with one attached hydrogen (secondary N) is 1. The van der Waals surface area contributed by atoms with Crippen LogP contribution in [0.5, 0.6) is 0 Å². The van der Waals surface area contributed by atoms with Gasteiger partial charge in [-0.05, 0) is 36.5 Å². The Morgan fingerprint density at radius 2 is 1.88 bits per heavy atom. The first kappa shape index (κ1) is 20.9. The minimum absolute atomic E-state index is 0.0364. The van der Waals surface area contributed by atoms with Crippen LogP contribution in [0, 0.1) is 16.0 Å². The number of nitrogens with zero attached hydrogens (tertiary/aromatic N) is 3. The third-order valence-corrected chi connectivity index (χ3v) is 7.43. The summed E-state index contributed by atoms with van der Waals surface area (Å²) in [5, 5.41) is 14.5. The van der Waals surface area contributed by atoms with E-state index in [1.54, 1.807) is 12.1 Å². The first-order valence-corrected chi connectivity index (χ1v) is 11.7. The Balaban J connectivity index is 1.40. The Morgan fingerprint density at radius 3 is 2.62 bits per heavy atom. The standard InChI is InChI=1S/C25H30N4O3/c30-25(26-16-18-6-2-1-3-7-18)22-15-19-14-21(29(31)32)10-11-23(19)28-13-12-27(17-24(22)28)20-8-4-5-9-20/h1-3,6-7,10-11,14,20,22,24H,4-5,8-9,12-13,15-17H2,(H,26,30). The van der Waals surface area contributed by atoms with E-state index in [1.807, 2.05) is 36.4 Å². The van der Waals surface area contributed by atoms with Crippen molar-refractivity contribution in [2.75, 3.05) is 24.5 Å². The number of carbonyl (C=O) groups is 1. The fraction of sp³-hybridized carbons (Fsp3) is 0.480. The fourth-order valence-corrected chi connectivity index (χ4v) is 5.76. The molecule has 1 saturated carbocycles. The SMILES string of the molecule is O=C(NCc1ccccc1)C1Cc2cc([N+](=O)[O-])ccc2N2CCN(C3CCCC3)CC12. The van der Waals surface area contributed by atoms with E-state index in [2.05, 4.69) is 15.1 Å². The van der Waals surface area contributed by atoms with Gasteiger partial charge in [-0.15, -0.1) is 0 Å². The maximum atomic E-state index is 13.4. The van der Waals surface area contributed by atoms with Crippen LogP contribution < -0.4 is 10.2 Å². The molecular weight excluding hydrogens is 404 g/mol. The second kappa shape index (κ2) is 8.90. The summed E-state index contributed by atoms with van der Waals surface area (Å²) < 4.78 is 0. The normalized spacial score (nSPS) is 23.4. The van der Waals surface area contributed by atoms with Gasteiger partial charge in [-0.2, -0.15) is 0 Å². The molecular formula is C25H30N4O3. The molecule has 5 rings (SSSR count). The van der Waals surface area contributed by atoms with E-state index in [0.29, 0.717) is 19.0 Å². The van der Waals surface area contributed by atoms with Crippen molar-refractivity contribution in [3.8, 4) is 0 Å². The molecule has 7 nitrogen and oxygen atoms in total. The molecule has 2 aromatic carbocycles. The highest BCUT2D eigenvalue weighted by atomic mass is 16.6. The molecule has 32 heavy (non-hydrogen) atoms. The quantitative estimate of drug-likeness (QED) is 0.575. The molecule has 3 aliphatic rings. The van der Waals surface area contributed by atoms with Crippen LogP contribution in [0.25, 0.3) is 0 Å². The number of fused-ring (bicyclic) bond motifs is 3. The van der Waals surface area contributed by atoms with Gasteiger partial charge >= 0.3 is 0 Å². The monoisotopic (exact) mass is 434 g/mol. The second-order valence-electron chi connectivity index (χ2n) is 9.28. The first-order chi connectivity index (χ1) is 15.6. The molecule has 0 aromatic heterocycles. The van der Waals surface area contributed by atoms with E-state index in [9.17, 15) is 14.9 Å². The van der Waals surface area contributed by atoms with Crippen molar-refractivity contribution < 1.29 is 9.72 Å². The highest BCUT2D eigenvalue weighted by Crippen LogP contribution is 2.39. The lowest BCUT2D eigenvalue weighted by atomic mass is 9.82. The van der Waals surface area contributed by atoms with Crippen molar-refractivity contribution in [2.24, 2.45) is 5.92 Å². The summed E-state index contributed by atoms with van der Waals surface area (Å²) in [4.78, 5) is 29.3. The van der Waals surface area contributed by atoms with Gasteiger partial charge in [0.05, 0.1) is 16.9 Å². The van der Waals surface area contributed by atoms with Gasteiger partial charge in [-0.1, -0.05) is 43.2 Å². The van der Waals surface area contributed by atoms with Crippen LogP contribution in [0.4, 0.5) is 11.4 Å². The van der Waals surface area contributed by atoms with Gasteiger partial charge in [0.2, 0.25) is 5.91 Å². The summed E-state index contributed by atoms with van der Waals surface area (Å²) in [6.07, 6.45) is 5.63. The van der Waals surface area contributed by atoms with Gasteiger partial charge in [0, 0.05) is 50.0 Å². The molecule has 2 unspecified atom stereocenters. The van der Waals surface area contributed by atoms with Crippen molar-refractivity contribution in [1.29, 1.82) is 0 Å². The predicted octanol–water partition coefficient (Wildman–Crippen LogP) is 3.52. The molecule has 1 amide bonds. The predicted molar refractivity (Wildman–Crippen MR) is 124 cm³/mol. The molecule has 1 saturated heterocycles. The number of hydrogen-bond donors (Lipinski definition) is 1. The van der Waals surface area contributed by atoms with E-state index < -0.39 is 0 Å². The maximum Gasteiger partial charge on any atom is 0.269 e. The van der Waals surface area contributed by atoms with Crippen LogP contribution in [0.3, 0.4) is 0 Å². The van der Waals surface area contributed by atoms with E-state index in [1.165, 1.54) is 25.7 Å². The number of rotatable bonds is 5. The molecule has 0 bridgehead atoms. The molecule has 0 radical (unpaired) electrons. The van der Waals surface area contributed by atoms with Crippen molar-refractivity contribution in [3.05, 3.63) is 69.8 Å². The fourth-order valence-electron chi connectivity index (χ4n) is 5.76. The average Bonchev–Trinajstić information content (AvgIpc) is 3.37. The van der Waals surface area contributed by atoms with E-state index in [0.717, 1.165) is 36.4 Å². The molecule has 1 N–H and O–H groups in total. The highest BCUT2D eigenvalue weighted by Gasteiger charge is 2.43. The molecule has 0 spiro atoms. The smallest absolute Gasteiger partial charge is 0.269 e. The van der Waals surface area contributed by atoms with Crippen molar-refractivity contribution in [1.82, 2.24) is 10.2 Å². The number of carbonyl (C=O) groups excluding carboxylic acids is 1. The second-order valence-corrected chi connectivity index (χ2v) is 9.28. The summed E-state index contributed by atoms with van der Waals surface area (Å²) in [5.41, 5.74) is 3.12. The maximum absolute atomic E-state index is 13.4. The summed E-state index contributed by atoms with van der Waals surface area (Å²) in [6, 6.07) is 15.8. The van der Waals surface area contributed by atoms with Crippen LogP contribution >= 0.6 is 0 Å². The Labute approximate surface area is 188 Å². The van der Waals surface area contributed by atoms with E-state index >= 15 is 0 Å². The number of benzene rings is 2. The van der Waals surface area contributed by atoms with Crippen LogP contribution in [-0.2, 0) is 17.8 Å². The first-order valence-electron chi connectivity index (χ1n) is 11.7. The summed E-state index contributed by atoms with van der Waals surface area (Å²) in [6.45, 7) is 3.21. The summed E-state index contributed by atoms with van der Waals surface area (Å²) >= 11 is 0.